The van der Waals surface area contributed by atoms with E-state index < -0.39 is 6.10 Å². The number of carbonyl (C=O) groups is 1. The lowest BCUT2D eigenvalue weighted by atomic mass is 9.97. The summed E-state index contributed by atoms with van der Waals surface area (Å²) in [6.07, 6.45) is 3.14. The van der Waals surface area contributed by atoms with Crippen LogP contribution in [0.4, 0.5) is 14.9 Å². The molecule has 8 nitrogen and oxygen atoms in total. The van der Waals surface area contributed by atoms with E-state index in [2.05, 4.69) is 20.9 Å². The van der Waals surface area contributed by atoms with Gasteiger partial charge in [-0.1, -0.05) is 28.9 Å². The number of amides is 2. The fraction of sp³-hybridized carbons (Fsp3) is 0.348. The van der Waals surface area contributed by atoms with E-state index in [1.807, 2.05) is 0 Å². The van der Waals surface area contributed by atoms with E-state index in [-0.39, 0.29) is 30.6 Å². The van der Waals surface area contributed by atoms with Crippen LogP contribution in [-0.4, -0.2) is 51.0 Å². The highest BCUT2D eigenvalue weighted by Crippen LogP contribution is 2.24. The van der Waals surface area contributed by atoms with Crippen molar-refractivity contribution >= 4 is 23.3 Å². The van der Waals surface area contributed by atoms with Crippen LogP contribution in [0.1, 0.15) is 19.3 Å². The molecule has 3 N–H and O–H groups in total. The molecule has 3 atom stereocenters. The van der Waals surface area contributed by atoms with Crippen LogP contribution in [0.2, 0.25) is 5.02 Å². The summed E-state index contributed by atoms with van der Waals surface area (Å²) in [6, 6.07) is 12.6. The van der Waals surface area contributed by atoms with Crippen molar-refractivity contribution in [1.82, 2.24) is 20.3 Å². The van der Waals surface area contributed by atoms with Crippen molar-refractivity contribution in [3.8, 4) is 11.3 Å². The fourth-order valence-electron chi connectivity index (χ4n) is 3.85. The minimum Gasteiger partial charge on any atom is -0.394 e. The molecule has 1 saturated heterocycles. The van der Waals surface area contributed by atoms with Crippen molar-refractivity contribution in [3.05, 3.63) is 65.6 Å². The Morgan fingerprint density at radius 3 is 2.76 bits per heavy atom. The first-order valence-electron chi connectivity index (χ1n) is 10.8. The maximum atomic E-state index is 13.9. The number of anilines is 1. The minimum absolute atomic E-state index is 0.0966. The molecular formula is C23H25ClFN5O3. The lowest BCUT2D eigenvalue weighted by molar-refractivity contribution is -0.0905. The van der Waals surface area contributed by atoms with Crippen LogP contribution < -0.4 is 10.6 Å². The Bertz CT molecular complexity index is 1080. The van der Waals surface area contributed by atoms with E-state index >= 15 is 0 Å². The number of aromatic nitrogens is 3. The number of ether oxygens (including phenoxy) is 1. The van der Waals surface area contributed by atoms with Gasteiger partial charge in [0, 0.05) is 22.8 Å². The number of hydrogen-bond acceptors (Lipinski definition) is 5. The topological polar surface area (TPSA) is 101 Å². The number of halogens is 2. The molecule has 0 spiro atoms. The molecule has 174 valence electrons. The Morgan fingerprint density at radius 2 is 2.00 bits per heavy atom. The molecule has 33 heavy (non-hydrogen) atoms. The van der Waals surface area contributed by atoms with Gasteiger partial charge in [-0.15, -0.1) is 5.10 Å². The maximum absolute atomic E-state index is 13.9. The highest BCUT2D eigenvalue weighted by atomic mass is 35.5. The molecule has 2 amide bonds. The normalized spacial score (nSPS) is 20.4. The van der Waals surface area contributed by atoms with E-state index in [1.54, 1.807) is 53.3 Å². The molecule has 2 aromatic carbocycles. The zero-order valence-electron chi connectivity index (χ0n) is 17.8. The summed E-state index contributed by atoms with van der Waals surface area (Å²) in [6.45, 7) is 0.336. The minimum atomic E-state index is -0.510. The fourth-order valence-corrected chi connectivity index (χ4v) is 3.98. The summed E-state index contributed by atoms with van der Waals surface area (Å²) in [5.41, 5.74) is 1.50. The molecule has 0 unspecified atom stereocenters. The number of aliphatic hydroxyl groups excluding tert-OH is 1. The highest BCUT2D eigenvalue weighted by Gasteiger charge is 2.32. The van der Waals surface area contributed by atoms with Crippen molar-refractivity contribution in [2.75, 3.05) is 11.9 Å². The zero-order chi connectivity index (χ0) is 23.2. The maximum Gasteiger partial charge on any atom is 0.319 e. The van der Waals surface area contributed by atoms with Gasteiger partial charge in [0.05, 0.1) is 24.9 Å². The molecule has 1 aliphatic heterocycles. The summed E-state index contributed by atoms with van der Waals surface area (Å²) in [7, 11) is 0. The van der Waals surface area contributed by atoms with E-state index in [4.69, 9.17) is 16.3 Å². The van der Waals surface area contributed by atoms with Crippen LogP contribution in [0, 0.1) is 5.82 Å². The number of aliphatic hydroxyl groups is 1. The van der Waals surface area contributed by atoms with Crippen molar-refractivity contribution in [3.63, 3.8) is 0 Å². The number of hydrogen-bond donors (Lipinski definition) is 3. The quantitative estimate of drug-likeness (QED) is 0.483. The van der Waals surface area contributed by atoms with Crippen LogP contribution in [0.3, 0.4) is 0 Å². The van der Waals surface area contributed by atoms with Crippen LogP contribution in [0.5, 0.6) is 0 Å². The van der Waals surface area contributed by atoms with Gasteiger partial charge >= 0.3 is 6.03 Å². The van der Waals surface area contributed by atoms with Crippen LogP contribution in [0.15, 0.2) is 54.7 Å². The number of benzene rings is 2. The first kappa shape index (κ1) is 23.2. The average molecular weight is 474 g/mol. The summed E-state index contributed by atoms with van der Waals surface area (Å²) in [5, 5.41) is 24.1. The van der Waals surface area contributed by atoms with Crippen molar-refractivity contribution in [1.29, 1.82) is 0 Å². The largest absolute Gasteiger partial charge is 0.394 e. The van der Waals surface area contributed by atoms with Crippen molar-refractivity contribution < 1.29 is 19.0 Å². The van der Waals surface area contributed by atoms with Gasteiger partial charge < -0.3 is 20.5 Å². The Kier molecular flexibility index (Phi) is 7.54. The number of rotatable bonds is 7. The van der Waals surface area contributed by atoms with Gasteiger partial charge in [-0.2, -0.15) is 0 Å². The highest BCUT2D eigenvalue weighted by molar-refractivity contribution is 6.30. The van der Waals surface area contributed by atoms with E-state index in [9.17, 15) is 14.3 Å². The number of nitrogens with zero attached hydrogens (tertiary/aromatic N) is 3. The molecule has 3 aromatic rings. The van der Waals surface area contributed by atoms with Crippen molar-refractivity contribution in [2.24, 2.45) is 0 Å². The molecule has 4 rings (SSSR count). The summed E-state index contributed by atoms with van der Waals surface area (Å²) in [5.74, 6) is -0.343. The summed E-state index contributed by atoms with van der Waals surface area (Å²) >= 11 is 5.86. The third-order valence-corrected chi connectivity index (χ3v) is 5.83. The Labute approximate surface area is 195 Å². The molecular weight excluding hydrogens is 449 g/mol. The zero-order valence-corrected chi connectivity index (χ0v) is 18.6. The van der Waals surface area contributed by atoms with Gasteiger partial charge in [0.25, 0.3) is 0 Å². The average Bonchev–Trinajstić information content (AvgIpc) is 3.29. The van der Waals surface area contributed by atoms with Gasteiger partial charge in [0.2, 0.25) is 0 Å². The monoisotopic (exact) mass is 473 g/mol. The first-order valence-corrected chi connectivity index (χ1v) is 11.1. The molecule has 0 radical (unpaired) electrons. The number of aryl methyl sites for hydroxylation is 1. The molecule has 10 heteroatoms. The summed E-state index contributed by atoms with van der Waals surface area (Å²) in [4.78, 5) is 12.3. The standard InChI is InChI=1S/C23H25ClFN5O3/c24-15-5-7-16(8-6-15)26-23(32)27-20-10-9-17(33-22(20)14-31)11-12-30-13-21(28-29-30)18-3-1-2-4-19(18)25/h1-8,13,17,20,22,31H,9-12,14H2,(H2,26,27,32)/t17-,20+,22+/m0/s1. The number of urea groups is 1. The second-order valence-corrected chi connectivity index (χ2v) is 8.34. The van der Waals surface area contributed by atoms with Crippen LogP contribution >= 0.6 is 11.6 Å². The van der Waals surface area contributed by atoms with Crippen molar-refractivity contribution in [2.45, 2.75) is 44.1 Å². The second kappa shape index (κ2) is 10.7. The van der Waals surface area contributed by atoms with Crippen LogP contribution in [0.25, 0.3) is 11.3 Å². The van der Waals surface area contributed by atoms with E-state index in [0.717, 1.165) is 6.42 Å². The third kappa shape index (κ3) is 6.07. The molecule has 0 saturated carbocycles. The summed E-state index contributed by atoms with van der Waals surface area (Å²) < 4.78 is 21.6. The number of nitrogens with one attached hydrogen (secondary N) is 2. The van der Waals surface area contributed by atoms with Gasteiger partial charge in [-0.3, -0.25) is 4.68 Å². The lowest BCUT2D eigenvalue weighted by Crippen LogP contribution is -2.52. The SMILES string of the molecule is O=C(Nc1ccc(Cl)cc1)N[C@@H]1CC[C@@H](CCn2cc(-c3ccccc3F)nn2)O[C@@H]1CO. The predicted octanol–water partition coefficient (Wildman–Crippen LogP) is 3.86. The molecule has 1 aliphatic rings. The third-order valence-electron chi connectivity index (χ3n) is 5.58. The Hall–Kier alpha value is -3.01. The Morgan fingerprint density at radius 1 is 1.21 bits per heavy atom. The second-order valence-electron chi connectivity index (χ2n) is 7.90. The molecule has 1 aromatic heterocycles. The first-order chi connectivity index (χ1) is 16.0. The number of carbonyl (C=O) groups excluding carboxylic acids is 1. The van der Waals surface area contributed by atoms with Crippen LogP contribution in [-0.2, 0) is 11.3 Å². The molecule has 1 fully saturated rings. The lowest BCUT2D eigenvalue weighted by Gasteiger charge is -2.36. The predicted molar refractivity (Wildman–Crippen MR) is 122 cm³/mol. The smallest absolute Gasteiger partial charge is 0.319 e. The van der Waals surface area contributed by atoms with Gasteiger partial charge in [0.15, 0.2) is 0 Å². The molecule has 0 bridgehead atoms. The molecule has 0 aliphatic carbocycles. The van der Waals surface area contributed by atoms with E-state index in [0.29, 0.717) is 41.4 Å². The Balaban J connectivity index is 1.27. The molecule has 2 heterocycles. The van der Waals surface area contributed by atoms with Gasteiger partial charge in [-0.05, 0) is 55.7 Å². The van der Waals surface area contributed by atoms with Gasteiger partial charge in [-0.25, -0.2) is 9.18 Å². The van der Waals surface area contributed by atoms with E-state index in [1.165, 1.54) is 6.07 Å². The van der Waals surface area contributed by atoms with Gasteiger partial charge in [0.1, 0.15) is 17.6 Å².